The fourth-order valence-corrected chi connectivity index (χ4v) is 4.89. The standard InChI is InChI=1S/C22H15BrN4O2S/c1-27-15(11-24-22(27)30-12-7-3-2-4-8-12)19-16(13-9-5-6-10-14(13)25-19)17-18(23)21(29)26-20(17)28/h2-11,25H,1H3,(H,26,28,29). The molecule has 0 spiro atoms. The summed E-state index contributed by atoms with van der Waals surface area (Å²) in [6.45, 7) is 0. The maximum Gasteiger partial charge on any atom is 0.265 e. The number of hydrogen-bond donors (Lipinski definition) is 2. The van der Waals surface area contributed by atoms with Crippen molar-refractivity contribution in [3.05, 3.63) is 70.8 Å². The number of halogens is 1. The number of nitrogens with one attached hydrogen (secondary N) is 2. The van der Waals surface area contributed by atoms with Crippen LogP contribution < -0.4 is 5.32 Å². The van der Waals surface area contributed by atoms with Crippen molar-refractivity contribution < 1.29 is 9.59 Å². The van der Waals surface area contributed by atoms with Gasteiger partial charge < -0.3 is 9.55 Å². The zero-order valence-electron chi connectivity index (χ0n) is 15.8. The van der Waals surface area contributed by atoms with Gasteiger partial charge in [0.15, 0.2) is 5.16 Å². The van der Waals surface area contributed by atoms with Gasteiger partial charge >= 0.3 is 0 Å². The van der Waals surface area contributed by atoms with Crippen LogP contribution in [0.1, 0.15) is 5.56 Å². The van der Waals surface area contributed by atoms with Crippen LogP contribution in [-0.2, 0) is 16.6 Å². The molecule has 2 amide bonds. The highest BCUT2D eigenvalue weighted by molar-refractivity contribution is 9.12. The number of rotatable bonds is 4. The summed E-state index contributed by atoms with van der Waals surface area (Å²) in [5.74, 6) is -0.851. The Labute approximate surface area is 184 Å². The third-order valence-electron chi connectivity index (χ3n) is 4.98. The van der Waals surface area contributed by atoms with Crippen molar-refractivity contribution in [1.82, 2.24) is 19.9 Å². The first kappa shape index (κ1) is 18.9. The van der Waals surface area contributed by atoms with Gasteiger partial charge in [0, 0.05) is 28.4 Å². The maximum absolute atomic E-state index is 12.6. The molecule has 3 heterocycles. The summed E-state index contributed by atoms with van der Waals surface area (Å²) in [6.07, 6.45) is 1.78. The molecular formula is C22H15BrN4O2S. The molecule has 5 rings (SSSR count). The molecule has 0 unspecified atom stereocenters. The molecule has 148 valence electrons. The molecular weight excluding hydrogens is 464 g/mol. The van der Waals surface area contributed by atoms with E-state index in [9.17, 15) is 9.59 Å². The first-order valence-corrected chi connectivity index (χ1v) is 10.8. The fourth-order valence-electron chi connectivity index (χ4n) is 3.56. The summed E-state index contributed by atoms with van der Waals surface area (Å²) >= 11 is 4.86. The zero-order chi connectivity index (χ0) is 20.8. The highest BCUT2D eigenvalue weighted by Gasteiger charge is 2.34. The van der Waals surface area contributed by atoms with Crippen molar-refractivity contribution in [3.63, 3.8) is 0 Å². The third-order valence-corrected chi connectivity index (χ3v) is 6.81. The summed E-state index contributed by atoms with van der Waals surface area (Å²) < 4.78 is 2.22. The quantitative estimate of drug-likeness (QED) is 0.423. The van der Waals surface area contributed by atoms with E-state index in [2.05, 4.69) is 31.2 Å². The van der Waals surface area contributed by atoms with E-state index in [0.717, 1.165) is 32.3 Å². The van der Waals surface area contributed by atoms with Crippen molar-refractivity contribution >= 4 is 56.0 Å². The number of aromatic amines is 1. The zero-order valence-corrected chi connectivity index (χ0v) is 18.2. The maximum atomic E-state index is 12.6. The lowest BCUT2D eigenvalue weighted by molar-refractivity contribution is -0.123. The average Bonchev–Trinajstić information content (AvgIpc) is 3.37. The Hall–Kier alpha value is -3.10. The lowest BCUT2D eigenvalue weighted by atomic mass is 10.0. The van der Waals surface area contributed by atoms with E-state index in [1.54, 1.807) is 18.0 Å². The number of H-pyrrole nitrogens is 1. The Morgan fingerprint density at radius 1 is 1.00 bits per heavy atom. The van der Waals surface area contributed by atoms with E-state index >= 15 is 0 Å². The summed E-state index contributed by atoms with van der Waals surface area (Å²) in [6, 6.07) is 17.7. The van der Waals surface area contributed by atoms with Crippen molar-refractivity contribution in [3.8, 4) is 11.4 Å². The molecule has 2 aromatic carbocycles. The Balaban J connectivity index is 1.70. The molecule has 6 nitrogen and oxygen atoms in total. The minimum atomic E-state index is -0.434. The number of para-hydroxylation sites is 1. The van der Waals surface area contributed by atoms with Gasteiger partial charge in [0.25, 0.3) is 11.8 Å². The van der Waals surface area contributed by atoms with E-state index in [0.29, 0.717) is 11.1 Å². The molecule has 1 aliphatic heterocycles. The molecule has 2 N–H and O–H groups in total. The van der Waals surface area contributed by atoms with Crippen molar-refractivity contribution in [2.24, 2.45) is 7.05 Å². The first-order valence-electron chi connectivity index (χ1n) is 9.16. The van der Waals surface area contributed by atoms with Crippen molar-refractivity contribution in [1.29, 1.82) is 0 Å². The Kier molecular flexibility index (Phi) is 4.60. The Bertz CT molecular complexity index is 1350. The molecule has 8 heteroatoms. The number of aromatic nitrogens is 3. The van der Waals surface area contributed by atoms with E-state index in [1.807, 2.05) is 66.2 Å². The first-order chi connectivity index (χ1) is 14.5. The van der Waals surface area contributed by atoms with Crippen LogP contribution in [0.2, 0.25) is 0 Å². The number of benzene rings is 2. The van der Waals surface area contributed by atoms with E-state index < -0.39 is 11.8 Å². The molecule has 0 saturated carbocycles. The van der Waals surface area contributed by atoms with Gasteiger partial charge in [0.1, 0.15) is 0 Å². The Morgan fingerprint density at radius 2 is 1.73 bits per heavy atom. The third kappa shape index (κ3) is 3.00. The van der Waals surface area contributed by atoms with Gasteiger partial charge in [-0.3, -0.25) is 14.9 Å². The fraction of sp³-hybridized carbons (Fsp3) is 0.0455. The average molecular weight is 479 g/mol. The van der Waals surface area contributed by atoms with Gasteiger partial charge in [-0.25, -0.2) is 4.98 Å². The molecule has 0 saturated heterocycles. The van der Waals surface area contributed by atoms with E-state index in [-0.39, 0.29) is 4.48 Å². The van der Waals surface area contributed by atoms with Crippen LogP contribution in [0.4, 0.5) is 0 Å². The molecule has 0 bridgehead atoms. The van der Waals surface area contributed by atoms with Gasteiger partial charge in [0.2, 0.25) is 0 Å². The van der Waals surface area contributed by atoms with Crippen LogP contribution in [0, 0.1) is 0 Å². The number of imidazole rings is 1. The van der Waals surface area contributed by atoms with E-state index in [4.69, 9.17) is 0 Å². The van der Waals surface area contributed by atoms with Crippen molar-refractivity contribution in [2.45, 2.75) is 10.1 Å². The SMILES string of the molecule is Cn1c(-c2[nH]c3ccccc3c2C2=C(Br)C(=O)NC2=O)cnc1Sc1ccccc1. The Morgan fingerprint density at radius 3 is 2.47 bits per heavy atom. The summed E-state index contributed by atoms with van der Waals surface area (Å²) in [4.78, 5) is 33.8. The summed E-state index contributed by atoms with van der Waals surface area (Å²) in [5, 5.41) is 4.05. The number of amides is 2. The molecule has 0 atom stereocenters. The van der Waals surface area contributed by atoms with Crippen LogP contribution in [-0.4, -0.2) is 26.3 Å². The molecule has 0 radical (unpaired) electrons. The predicted molar refractivity (Wildman–Crippen MR) is 120 cm³/mol. The van der Waals surface area contributed by atoms with Crippen LogP contribution in [0.5, 0.6) is 0 Å². The topological polar surface area (TPSA) is 79.8 Å². The number of imide groups is 1. The number of hydrogen-bond acceptors (Lipinski definition) is 4. The van der Waals surface area contributed by atoms with Gasteiger partial charge in [-0.05, 0) is 34.1 Å². The minimum Gasteiger partial charge on any atom is -0.353 e. The van der Waals surface area contributed by atoms with Crippen LogP contribution >= 0.6 is 27.7 Å². The van der Waals surface area contributed by atoms with Gasteiger partial charge in [-0.2, -0.15) is 0 Å². The molecule has 1 aliphatic rings. The van der Waals surface area contributed by atoms with Gasteiger partial charge in [-0.15, -0.1) is 0 Å². The number of carbonyl (C=O) groups is 2. The second-order valence-electron chi connectivity index (χ2n) is 6.79. The molecule has 0 aliphatic carbocycles. The van der Waals surface area contributed by atoms with E-state index in [1.165, 1.54) is 0 Å². The monoisotopic (exact) mass is 478 g/mol. The predicted octanol–water partition coefficient (Wildman–Crippen LogP) is 4.48. The second-order valence-corrected chi connectivity index (χ2v) is 8.63. The van der Waals surface area contributed by atoms with Crippen LogP contribution in [0.3, 0.4) is 0 Å². The number of carbonyl (C=O) groups excluding carboxylic acids is 2. The molecule has 30 heavy (non-hydrogen) atoms. The van der Waals surface area contributed by atoms with Crippen LogP contribution in [0.15, 0.2) is 75.3 Å². The molecule has 0 fully saturated rings. The molecule has 2 aromatic heterocycles. The second kappa shape index (κ2) is 7.30. The number of fused-ring (bicyclic) bond motifs is 1. The van der Waals surface area contributed by atoms with Gasteiger partial charge in [-0.1, -0.05) is 48.2 Å². The van der Waals surface area contributed by atoms with Crippen molar-refractivity contribution in [2.75, 3.05) is 0 Å². The highest BCUT2D eigenvalue weighted by Crippen LogP contribution is 2.40. The largest absolute Gasteiger partial charge is 0.353 e. The number of nitrogens with zero attached hydrogens (tertiary/aromatic N) is 2. The lowest BCUT2D eigenvalue weighted by Crippen LogP contribution is -2.22. The lowest BCUT2D eigenvalue weighted by Gasteiger charge is -2.08. The normalized spacial score (nSPS) is 14.1. The van der Waals surface area contributed by atoms with Crippen LogP contribution in [0.25, 0.3) is 27.9 Å². The summed E-state index contributed by atoms with van der Waals surface area (Å²) in [7, 11) is 1.94. The van der Waals surface area contributed by atoms with Gasteiger partial charge in [0.05, 0.1) is 27.6 Å². The molecule has 4 aromatic rings. The smallest absolute Gasteiger partial charge is 0.265 e. The summed E-state index contributed by atoms with van der Waals surface area (Å²) in [5.41, 5.74) is 3.44. The minimum absolute atomic E-state index is 0.236. The highest BCUT2D eigenvalue weighted by atomic mass is 79.9.